The predicted molar refractivity (Wildman–Crippen MR) is 63.2 cm³/mol. The fraction of sp³-hybridized carbons (Fsp3) is 0.273. The van der Waals surface area contributed by atoms with Crippen molar-refractivity contribution in [2.75, 3.05) is 12.4 Å². The number of nitrogens with one attached hydrogen (secondary N) is 1. The fourth-order valence-electron chi connectivity index (χ4n) is 1.19. The first-order chi connectivity index (χ1) is 8.58. The molecule has 1 aromatic heterocycles. The van der Waals surface area contributed by atoms with Gasteiger partial charge in [0.25, 0.3) is 0 Å². The van der Waals surface area contributed by atoms with Crippen LogP contribution in [0, 0.1) is 0 Å². The van der Waals surface area contributed by atoms with Gasteiger partial charge in [0.2, 0.25) is 0 Å². The average Bonchev–Trinajstić information content (AvgIpc) is 2.38. The zero-order valence-electron chi connectivity index (χ0n) is 9.79. The van der Waals surface area contributed by atoms with Gasteiger partial charge in [0.1, 0.15) is 11.9 Å². The molecule has 7 heteroatoms. The van der Waals surface area contributed by atoms with E-state index in [1.54, 1.807) is 0 Å². The van der Waals surface area contributed by atoms with Gasteiger partial charge in [0.05, 0.1) is 7.11 Å². The monoisotopic (exact) mass is 251 g/mol. The third kappa shape index (κ3) is 3.55. The van der Waals surface area contributed by atoms with E-state index in [2.05, 4.69) is 26.8 Å². The average molecular weight is 251 g/mol. The lowest BCUT2D eigenvalue weighted by Gasteiger charge is -2.12. The Bertz CT molecular complexity index is 444. The summed E-state index contributed by atoms with van der Waals surface area (Å²) in [4.78, 5) is 22.0. The number of esters is 1. The molecule has 0 aliphatic heterocycles. The summed E-state index contributed by atoms with van der Waals surface area (Å²) in [5.41, 5.74) is 0.0543. The number of ether oxygens (including phenoxy) is 1. The van der Waals surface area contributed by atoms with Crippen molar-refractivity contribution in [3.8, 4) is 0 Å². The maximum Gasteiger partial charge on any atom is 0.358 e. The number of carbonyl (C=O) groups excluding carboxylic acids is 1. The van der Waals surface area contributed by atoms with Gasteiger partial charge < -0.3 is 15.2 Å². The maximum absolute atomic E-state index is 11.1. The Balaban J connectivity index is 2.76. The number of anilines is 1. The summed E-state index contributed by atoms with van der Waals surface area (Å²) in [7, 11) is 1.24. The van der Waals surface area contributed by atoms with E-state index in [1.165, 1.54) is 25.3 Å². The number of methoxy groups -OCH3 is 1. The Morgan fingerprint density at radius 2 is 2.28 bits per heavy atom. The van der Waals surface area contributed by atoms with Gasteiger partial charge in [-0.25, -0.2) is 9.59 Å². The summed E-state index contributed by atoms with van der Waals surface area (Å²) < 4.78 is 4.46. The number of hydrogen-bond acceptors (Lipinski definition) is 6. The van der Waals surface area contributed by atoms with Crippen molar-refractivity contribution in [2.24, 2.45) is 0 Å². The van der Waals surface area contributed by atoms with Crippen LogP contribution in [0.15, 0.2) is 24.8 Å². The lowest BCUT2D eigenvalue weighted by atomic mass is 10.2. The highest BCUT2D eigenvalue weighted by atomic mass is 16.5. The van der Waals surface area contributed by atoms with Crippen molar-refractivity contribution in [3.63, 3.8) is 0 Å². The first kappa shape index (κ1) is 13.6. The van der Waals surface area contributed by atoms with Crippen molar-refractivity contribution in [1.82, 2.24) is 10.2 Å². The number of aliphatic carboxylic acids is 1. The molecule has 0 bridgehead atoms. The van der Waals surface area contributed by atoms with Crippen LogP contribution in [0.3, 0.4) is 0 Å². The van der Waals surface area contributed by atoms with Crippen LogP contribution in [-0.4, -0.2) is 40.4 Å². The Morgan fingerprint density at radius 1 is 1.56 bits per heavy atom. The van der Waals surface area contributed by atoms with Crippen LogP contribution in [0.1, 0.15) is 16.9 Å². The molecule has 2 N–H and O–H groups in total. The number of carbonyl (C=O) groups is 2. The Labute approximate surface area is 103 Å². The van der Waals surface area contributed by atoms with Gasteiger partial charge in [-0.15, -0.1) is 16.8 Å². The SMILES string of the molecule is C=CCC(Nc1ccc(C(=O)OC)nn1)C(=O)O. The summed E-state index contributed by atoms with van der Waals surface area (Å²) in [6, 6.07) is 2.02. The molecule has 1 rings (SSSR count). The molecular formula is C11H13N3O4. The van der Waals surface area contributed by atoms with E-state index in [-0.39, 0.29) is 17.9 Å². The van der Waals surface area contributed by atoms with Crippen LogP contribution >= 0.6 is 0 Å². The fourth-order valence-corrected chi connectivity index (χ4v) is 1.19. The molecule has 0 aromatic carbocycles. The minimum absolute atomic E-state index is 0.0543. The molecule has 96 valence electrons. The molecule has 1 aromatic rings. The molecule has 0 fully saturated rings. The van der Waals surface area contributed by atoms with Crippen LogP contribution in [0.4, 0.5) is 5.82 Å². The summed E-state index contributed by atoms with van der Waals surface area (Å²) >= 11 is 0. The smallest absolute Gasteiger partial charge is 0.358 e. The molecule has 7 nitrogen and oxygen atoms in total. The van der Waals surface area contributed by atoms with E-state index in [9.17, 15) is 9.59 Å². The molecule has 18 heavy (non-hydrogen) atoms. The normalized spacial score (nSPS) is 11.4. The van der Waals surface area contributed by atoms with E-state index in [0.29, 0.717) is 0 Å². The van der Waals surface area contributed by atoms with Crippen molar-refractivity contribution in [3.05, 3.63) is 30.5 Å². The van der Waals surface area contributed by atoms with Crippen LogP contribution in [-0.2, 0) is 9.53 Å². The second-order valence-corrected chi connectivity index (χ2v) is 3.35. The van der Waals surface area contributed by atoms with E-state index in [1.807, 2.05) is 0 Å². The number of nitrogens with zero attached hydrogens (tertiary/aromatic N) is 2. The van der Waals surface area contributed by atoms with Crippen molar-refractivity contribution in [1.29, 1.82) is 0 Å². The summed E-state index contributed by atoms with van der Waals surface area (Å²) in [5.74, 6) is -1.36. The molecule has 1 atom stereocenters. The largest absolute Gasteiger partial charge is 0.480 e. The van der Waals surface area contributed by atoms with Crippen molar-refractivity contribution < 1.29 is 19.4 Å². The van der Waals surface area contributed by atoms with E-state index >= 15 is 0 Å². The minimum atomic E-state index is -1.02. The van der Waals surface area contributed by atoms with E-state index < -0.39 is 18.0 Å². The third-order valence-electron chi connectivity index (χ3n) is 2.08. The van der Waals surface area contributed by atoms with Gasteiger partial charge in [-0.3, -0.25) is 0 Å². The van der Waals surface area contributed by atoms with Crippen LogP contribution in [0.5, 0.6) is 0 Å². The number of carboxylic acid groups (broad SMARTS) is 1. The van der Waals surface area contributed by atoms with Gasteiger partial charge >= 0.3 is 11.9 Å². The van der Waals surface area contributed by atoms with Crippen molar-refractivity contribution in [2.45, 2.75) is 12.5 Å². The summed E-state index contributed by atoms with van der Waals surface area (Å²) in [6.45, 7) is 3.47. The molecule has 1 unspecified atom stereocenters. The minimum Gasteiger partial charge on any atom is -0.480 e. The topological polar surface area (TPSA) is 101 Å². The van der Waals surface area contributed by atoms with Crippen LogP contribution < -0.4 is 5.32 Å². The molecule has 0 saturated carbocycles. The van der Waals surface area contributed by atoms with Gasteiger partial charge in [-0.1, -0.05) is 6.08 Å². The van der Waals surface area contributed by atoms with E-state index in [4.69, 9.17) is 5.11 Å². The second-order valence-electron chi connectivity index (χ2n) is 3.35. The molecule has 0 saturated heterocycles. The molecular weight excluding hydrogens is 238 g/mol. The predicted octanol–water partition coefficient (Wildman–Crippen LogP) is 0.704. The maximum atomic E-state index is 11.1. The summed E-state index contributed by atoms with van der Waals surface area (Å²) in [6.07, 6.45) is 1.73. The highest BCUT2D eigenvalue weighted by Gasteiger charge is 2.16. The molecule has 0 aliphatic carbocycles. The Hall–Kier alpha value is -2.44. The van der Waals surface area contributed by atoms with Crippen LogP contribution in [0.25, 0.3) is 0 Å². The van der Waals surface area contributed by atoms with E-state index in [0.717, 1.165) is 0 Å². The summed E-state index contributed by atoms with van der Waals surface area (Å²) in [5, 5.41) is 18.9. The van der Waals surface area contributed by atoms with Crippen LogP contribution in [0.2, 0.25) is 0 Å². The Morgan fingerprint density at radius 3 is 2.72 bits per heavy atom. The lowest BCUT2D eigenvalue weighted by Crippen LogP contribution is -2.29. The molecule has 0 spiro atoms. The number of carboxylic acids is 1. The first-order valence-corrected chi connectivity index (χ1v) is 5.10. The van der Waals surface area contributed by atoms with Gasteiger partial charge in [-0.2, -0.15) is 0 Å². The van der Waals surface area contributed by atoms with Gasteiger partial charge in [0.15, 0.2) is 5.69 Å². The molecule has 1 heterocycles. The molecule has 0 aliphatic rings. The quantitative estimate of drug-likeness (QED) is 0.567. The Kier molecular flexibility index (Phi) is 4.79. The number of rotatable bonds is 6. The second kappa shape index (κ2) is 6.33. The molecule has 0 radical (unpaired) electrons. The van der Waals surface area contributed by atoms with Gasteiger partial charge in [0, 0.05) is 0 Å². The number of hydrogen-bond donors (Lipinski definition) is 2. The third-order valence-corrected chi connectivity index (χ3v) is 2.08. The zero-order valence-corrected chi connectivity index (χ0v) is 9.79. The van der Waals surface area contributed by atoms with Crippen molar-refractivity contribution >= 4 is 17.8 Å². The standard InChI is InChI=1S/C11H13N3O4/c1-3-4-7(10(15)16)12-9-6-5-8(13-14-9)11(17)18-2/h3,5-7H,1,4H2,2H3,(H,12,14)(H,15,16). The zero-order chi connectivity index (χ0) is 13.5. The highest BCUT2D eigenvalue weighted by molar-refractivity contribution is 5.87. The first-order valence-electron chi connectivity index (χ1n) is 5.10. The van der Waals surface area contributed by atoms with Gasteiger partial charge in [-0.05, 0) is 18.6 Å². The number of aromatic nitrogens is 2. The molecule has 0 amide bonds. The highest BCUT2D eigenvalue weighted by Crippen LogP contribution is 2.07. The lowest BCUT2D eigenvalue weighted by molar-refractivity contribution is -0.137.